The lowest BCUT2D eigenvalue weighted by molar-refractivity contribution is -0.142. The molecule has 0 unspecified atom stereocenters. The summed E-state index contributed by atoms with van der Waals surface area (Å²) in [4.78, 5) is 34.2. The monoisotopic (exact) mass is 313 g/mol. The van der Waals surface area contributed by atoms with Gasteiger partial charge in [-0.3, -0.25) is 4.79 Å². The first-order chi connectivity index (χ1) is 11.0. The van der Waals surface area contributed by atoms with Crippen molar-refractivity contribution >= 4 is 28.4 Å². The van der Waals surface area contributed by atoms with E-state index in [1.165, 1.54) is 6.92 Å². The fourth-order valence-electron chi connectivity index (χ4n) is 2.38. The van der Waals surface area contributed by atoms with Crippen molar-refractivity contribution in [2.75, 3.05) is 0 Å². The maximum absolute atomic E-state index is 12.0. The lowest BCUT2D eigenvalue weighted by atomic mass is 10.0. The number of carboxylic acid groups (broad SMARTS) is 1. The molecule has 0 saturated heterocycles. The van der Waals surface area contributed by atoms with Gasteiger partial charge < -0.3 is 15.2 Å². The Bertz CT molecular complexity index is 739. The number of carbonyl (C=O) groups is 3. The number of Topliss-reactive ketones (excluding diaryl/α,β-unsaturated/α-hetero) is 1. The van der Waals surface area contributed by atoms with E-state index in [0.717, 1.165) is 16.3 Å². The van der Waals surface area contributed by atoms with Gasteiger partial charge in [-0.05, 0) is 29.7 Å². The molecule has 0 heterocycles. The lowest BCUT2D eigenvalue weighted by Crippen LogP contribution is -2.41. The minimum absolute atomic E-state index is 0.0972. The molecular weight excluding hydrogens is 294 g/mol. The fourth-order valence-corrected chi connectivity index (χ4v) is 2.38. The Kier molecular flexibility index (Phi) is 5.46. The van der Waals surface area contributed by atoms with Gasteiger partial charge in [0.2, 0.25) is 5.91 Å². The quantitative estimate of drug-likeness (QED) is 0.821. The molecule has 0 bridgehead atoms. The average molecular weight is 313 g/mol. The number of nitrogens with one attached hydrogen (secondary N) is 1. The third-order valence-electron chi connectivity index (χ3n) is 3.60. The molecule has 0 aliphatic carbocycles. The number of benzene rings is 2. The highest BCUT2D eigenvalue weighted by Crippen LogP contribution is 2.16. The van der Waals surface area contributed by atoms with Gasteiger partial charge in [-0.2, -0.15) is 0 Å². The van der Waals surface area contributed by atoms with E-state index < -0.39 is 12.0 Å². The van der Waals surface area contributed by atoms with Crippen LogP contribution < -0.4 is 5.32 Å². The summed E-state index contributed by atoms with van der Waals surface area (Å²) >= 11 is 0. The maximum Gasteiger partial charge on any atom is 0.326 e. The van der Waals surface area contributed by atoms with Crippen molar-refractivity contribution in [3.63, 3.8) is 0 Å². The zero-order valence-electron chi connectivity index (χ0n) is 12.9. The molecule has 2 aromatic rings. The van der Waals surface area contributed by atoms with Crippen molar-refractivity contribution in [2.45, 2.75) is 32.2 Å². The molecule has 0 aliphatic rings. The highest BCUT2D eigenvalue weighted by Gasteiger charge is 2.20. The molecule has 23 heavy (non-hydrogen) atoms. The van der Waals surface area contributed by atoms with Gasteiger partial charge in [0.25, 0.3) is 0 Å². The van der Waals surface area contributed by atoms with Crippen LogP contribution in [0, 0.1) is 0 Å². The second-order valence-electron chi connectivity index (χ2n) is 5.56. The van der Waals surface area contributed by atoms with Crippen LogP contribution in [-0.2, 0) is 20.8 Å². The first kappa shape index (κ1) is 16.7. The van der Waals surface area contributed by atoms with Crippen LogP contribution in [0.4, 0.5) is 0 Å². The summed E-state index contributed by atoms with van der Waals surface area (Å²) in [6.45, 7) is 1.40. The van der Waals surface area contributed by atoms with Gasteiger partial charge in [-0.25, -0.2) is 4.79 Å². The highest BCUT2D eigenvalue weighted by molar-refractivity contribution is 5.87. The van der Waals surface area contributed by atoms with E-state index in [1.54, 1.807) is 0 Å². The molecule has 5 heteroatoms. The largest absolute Gasteiger partial charge is 0.480 e. The predicted octanol–water partition coefficient (Wildman–Crippen LogP) is 2.32. The van der Waals surface area contributed by atoms with Crippen LogP contribution in [0.2, 0.25) is 0 Å². The number of carboxylic acids is 1. The van der Waals surface area contributed by atoms with E-state index in [9.17, 15) is 14.4 Å². The normalized spacial score (nSPS) is 11.9. The first-order valence-corrected chi connectivity index (χ1v) is 7.45. The molecule has 0 saturated carbocycles. The number of carbonyl (C=O) groups excluding carboxylic acids is 2. The average Bonchev–Trinajstić information content (AvgIpc) is 2.50. The Balaban J connectivity index is 2.01. The third-order valence-corrected chi connectivity index (χ3v) is 3.60. The molecule has 5 nitrogen and oxygen atoms in total. The van der Waals surface area contributed by atoms with Gasteiger partial charge in [0.1, 0.15) is 11.8 Å². The molecule has 2 aromatic carbocycles. The molecule has 0 aliphatic heterocycles. The van der Waals surface area contributed by atoms with Crippen LogP contribution >= 0.6 is 0 Å². The van der Waals surface area contributed by atoms with Crippen molar-refractivity contribution in [3.05, 3.63) is 48.0 Å². The number of aliphatic carboxylic acids is 1. The van der Waals surface area contributed by atoms with E-state index in [4.69, 9.17) is 5.11 Å². The molecule has 0 spiro atoms. The second kappa shape index (κ2) is 7.54. The van der Waals surface area contributed by atoms with Crippen LogP contribution in [-0.4, -0.2) is 28.8 Å². The van der Waals surface area contributed by atoms with E-state index in [2.05, 4.69) is 5.32 Å². The molecule has 0 fully saturated rings. The molecular formula is C18H19NO4. The Morgan fingerprint density at radius 3 is 2.43 bits per heavy atom. The number of hydrogen-bond acceptors (Lipinski definition) is 3. The maximum atomic E-state index is 12.0. The summed E-state index contributed by atoms with van der Waals surface area (Å²) < 4.78 is 0. The Labute approximate surface area is 134 Å². The standard InChI is InChI=1S/C18H19NO4/c1-12(20)6-9-16(18(22)23)19-17(21)11-13-7-8-14-4-2-3-5-15(14)10-13/h2-5,7-8,10,16H,6,9,11H2,1H3,(H,19,21)(H,22,23)/t16-/m0/s1. The molecule has 2 rings (SSSR count). The van der Waals surface area contributed by atoms with Crippen LogP contribution in [0.15, 0.2) is 42.5 Å². The number of fused-ring (bicyclic) bond motifs is 1. The zero-order valence-corrected chi connectivity index (χ0v) is 12.9. The molecule has 2 N–H and O–H groups in total. The number of hydrogen-bond donors (Lipinski definition) is 2. The van der Waals surface area contributed by atoms with Crippen molar-refractivity contribution in [1.29, 1.82) is 0 Å². The molecule has 1 amide bonds. The first-order valence-electron chi connectivity index (χ1n) is 7.45. The topological polar surface area (TPSA) is 83.5 Å². The van der Waals surface area contributed by atoms with Gasteiger partial charge in [-0.15, -0.1) is 0 Å². The lowest BCUT2D eigenvalue weighted by Gasteiger charge is -2.14. The third kappa shape index (κ3) is 4.92. The number of rotatable bonds is 7. The zero-order chi connectivity index (χ0) is 16.8. The van der Waals surface area contributed by atoms with Gasteiger partial charge in [0.05, 0.1) is 6.42 Å². The summed E-state index contributed by atoms with van der Waals surface area (Å²) in [5.74, 6) is -1.59. The van der Waals surface area contributed by atoms with E-state index >= 15 is 0 Å². The van der Waals surface area contributed by atoms with E-state index in [0.29, 0.717) is 0 Å². The Morgan fingerprint density at radius 1 is 1.09 bits per heavy atom. The second-order valence-corrected chi connectivity index (χ2v) is 5.56. The van der Waals surface area contributed by atoms with Crippen molar-refractivity contribution in [1.82, 2.24) is 5.32 Å². The SMILES string of the molecule is CC(=O)CC[C@H](NC(=O)Cc1ccc2ccccc2c1)C(=O)O. The molecule has 0 radical (unpaired) electrons. The number of amides is 1. The Morgan fingerprint density at radius 2 is 1.78 bits per heavy atom. The van der Waals surface area contributed by atoms with Gasteiger partial charge >= 0.3 is 5.97 Å². The van der Waals surface area contributed by atoms with E-state index in [1.807, 2.05) is 42.5 Å². The van der Waals surface area contributed by atoms with Crippen LogP contribution in [0.25, 0.3) is 10.8 Å². The minimum atomic E-state index is -1.13. The summed E-state index contributed by atoms with van der Waals surface area (Å²) in [6, 6.07) is 12.5. The summed E-state index contributed by atoms with van der Waals surface area (Å²) in [5.41, 5.74) is 0.817. The number of ketones is 1. The van der Waals surface area contributed by atoms with Crippen molar-refractivity contribution < 1.29 is 19.5 Å². The molecule has 0 aromatic heterocycles. The van der Waals surface area contributed by atoms with E-state index in [-0.39, 0.29) is 31.0 Å². The highest BCUT2D eigenvalue weighted by atomic mass is 16.4. The van der Waals surface area contributed by atoms with Gasteiger partial charge in [-0.1, -0.05) is 42.5 Å². The van der Waals surface area contributed by atoms with Crippen LogP contribution in [0.5, 0.6) is 0 Å². The van der Waals surface area contributed by atoms with Gasteiger partial charge in [0.15, 0.2) is 0 Å². The molecule has 120 valence electrons. The van der Waals surface area contributed by atoms with Crippen LogP contribution in [0.1, 0.15) is 25.3 Å². The Hall–Kier alpha value is -2.69. The predicted molar refractivity (Wildman–Crippen MR) is 87.1 cm³/mol. The molecule has 1 atom stereocenters. The van der Waals surface area contributed by atoms with Crippen molar-refractivity contribution in [2.24, 2.45) is 0 Å². The van der Waals surface area contributed by atoms with Gasteiger partial charge in [0, 0.05) is 6.42 Å². The van der Waals surface area contributed by atoms with Crippen molar-refractivity contribution in [3.8, 4) is 0 Å². The minimum Gasteiger partial charge on any atom is -0.480 e. The smallest absolute Gasteiger partial charge is 0.326 e. The summed E-state index contributed by atoms with van der Waals surface area (Å²) in [6.07, 6.45) is 0.343. The summed E-state index contributed by atoms with van der Waals surface area (Å²) in [7, 11) is 0. The summed E-state index contributed by atoms with van der Waals surface area (Å²) in [5, 5.41) is 13.7. The fraction of sp³-hybridized carbons (Fsp3) is 0.278. The van der Waals surface area contributed by atoms with Crippen LogP contribution in [0.3, 0.4) is 0 Å².